The van der Waals surface area contributed by atoms with E-state index >= 15 is 0 Å². The number of ketones is 1. The SMILES string of the molecule is COc1ccc(C(=O)c2cc(Br)ccc2Cl)c(OC)c1Cl. The number of halogens is 3. The Balaban J connectivity index is 2.58. The molecule has 3 nitrogen and oxygen atoms in total. The normalized spacial score (nSPS) is 10.3. The molecule has 21 heavy (non-hydrogen) atoms. The Morgan fingerprint density at radius 1 is 1.05 bits per heavy atom. The molecule has 0 aliphatic carbocycles. The molecule has 0 aliphatic rings. The molecule has 2 rings (SSSR count). The minimum atomic E-state index is -0.275. The van der Waals surface area contributed by atoms with Crippen LogP contribution in [0.4, 0.5) is 0 Å². The van der Waals surface area contributed by atoms with Gasteiger partial charge in [0, 0.05) is 10.0 Å². The van der Waals surface area contributed by atoms with Gasteiger partial charge in [-0.25, -0.2) is 0 Å². The molecule has 0 fully saturated rings. The summed E-state index contributed by atoms with van der Waals surface area (Å²) >= 11 is 15.6. The molecule has 0 spiro atoms. The van der Waals surface area contributed by atoms with E-state index in [1.807, 2.05) is 0 Å². The van der Waals surface area contributed by atoms with Gasteiger partial charge in [0.1, 0.15) is 10.8 Å². The van der Waals surface area contributed by atoms with Gasteiger partial charge in [0.15, 0.2) is 11.5 Å². The molecule has 0 saturated carbocycles. The number of hydrogen-bond donors (Lipinski definition) is 0. The van der Waals surface area contributed by atoms with Crippen LogP contribution in [0.1, 0.15) is 15.9 Å². The van der Waals surface area contributed by atoms with Crippen molar-refractivity contribution in [1.82, 2.24) is 0 Å². The number of carbonyl (C=O) groups excluding carboxylic acids is 1. The van der Waals surface area contributed by atoms with Crippen LogP contribution in [0.15, 0.2) is 34.8 Å². The van der Waals surface area contributed by atoms with Crippen molar-refractivity contribution in [3.8, 4) is 11.5 Å². The van der Waals surface area contributed by atoms with Crippen LogP contribution in [0.2, 0.25) is 10.0 Å². The molecular formula is C15H11BrCl2O3. The highest BCUT2D eigenvalue weighted by Crippen LogP contribution is 2.38. The first-order valence-corrected chi connectivity index (χ1v) is 7.44. The van der Waals surface area contributed by atoms with Crippen molar-refractivity contribution in [3.05, 3.63) is 56.0 Å². The molecular weight excluding hydrogens is 379 g/mol. The van der Waals surface area contributed by atoms with Crippen LogP contribution in [-0.4, -0.2) is 20.0 Å². The van der Waals surface area contributed by atoms with Gasteiger partial charge in [-0.1, -0.05) is 39.1 Å². The smallest absolute Gasteiger partial charge is 0.198 e. The van der Waals surface area contributed by atoms with Crippen LogP contribution < -0.4 is 9.47 Å². The van der Waals surface area contributed by atoms with Crippen molar-refractivity contribution in [1.29, 1.82) is 0 Å². The van der Waals surface area contributed by atoms with E-state index < -0.39 is 0 Å². The van der Waals surface area contributed by atoms with Crippen molar-refractivity contribution in [3.63, 3.8) is 0 Å². The fourth-order valence-electron chi connectivity index (χ4n) is 1.89. The molecule has 6 heteroatoms. The Labute approximate surface area is 140 Å². The Hall–Kier alpha value is -1.23. The second kappa shape index (κ2) is 6.69. The Kier molecular flexibility index (Phi) is 5.14. The summed E-state index contributed by atoms with van der Waals surface area (Å²) in [7, 11) is 2.94. The highest BCUT2D eigenvalue weighted by molar-refractivity contribution is 9.10. The zero-order valence-corrected chi connectivity index (χ0v) is 14.3. The Morgan fingerprint density at radius 3 is 2.38 bits per heavy atom. The summed E-state index contributed by atoms with van der Waals surface area (Å²) in [6, 6.07) is 8.28. The molecule has 0 saturated heterocycles. The van der Waals surface area contributed by atoms with Gasteiger partial charge in [-0.05, 0) is 30.3 Å². The Bertz CT molecular complexity index is 702. The third-order valence-electron chi connectivity index (χ3n) is 2.90. The molecule has 110 valence electrons. The van der Waals surface area contributed by atoms with E-state index in [1.165, 1.54) is 14.2 Å². The minimum absolute atomic E-state index is 0.247. The predicted octanol–water partition coefficient (Wildman–Crippen LogP) is 5.00. The van der Waals surface area contributed by atoms with Crippen LogP contribution in [0.5, 0.6) is 11.5 Å². The number of carbonyl (C=O) groups is 1. The first-order valence-electron chi connectivity index (χ1n) is 5.89. The van der Waals surface area contributed by atoms with Crippen molar-refractivity contribution < 1.29 is 14.3 Å². The molecule has 0 atom stereocenters. The molecule has 0 N–H and O–H groups in total. The molecule has 0 aromatic heterocycles. The van der Waals surface area contributed by atoms with Gasteiger partial charge in [-0.15, -0.1) is 0 Å². The topological polar surface area (TPSA) is 35.5 Å². The lowest BCUT2D eigenvalue weighted by Crippen LogP contribution is -2.06. The van der Waals surface area contributed by atoms with Gasteiger partial charge in [-0.2, -0.15) is 0 Å². The van der Waals surface area contributed by atoms with E-state index in [2.05, 4.69) is 15.9 Å². The van der Waals surface area contributed by atoms with Crippen molar-refractivity contribution in [2.75, 3.05) is 14.2 Å². The maximum absolute atomic E-state index is 12.7. The van der Waals surface area contributed by atoms with Gasteiger partial charge in [-0.3, -0.25) is 4.79 Å². The lowest BCUT2D eigenvalue weighted by Gasteiger charge is -2.13. The first-order chi connectivity index (χ1) is 9.99. The van der Waals surface area contributed by atoms with Crippen LogP contribution in [0.3, 0.4) is 0 Å². The highest BCUT2D eigenvalue weighted by atomic mass is 79.9. The maximum Gasteiger partial charge on any atom is 0.198 e. The van der Waals surface area contributed by atoms with Crippen molar-refractivity contribution in [2.24, 2.45) is 0 Å². The average molecular weight is 390 g/mol. The second-order valence-electron chi connectivity index (χ2n) is 4.12. The standard InChI is InChI=1S/C15H11BrCl2O3/c1-20-12-6-4-9(15(21-2)13(12)18)14(19)10-7-8(16)3-5-11(10)17/h3-7H,1-2H3. The molecule has 2 aromatic rings. The largest absolute Gasteiger partial charge is 0.495 e. The van der Waals surface area contributed by atoms with E-state index in [0.717, 1.165) is 4.47 Å². The zero-order valence-electron chi connectivity index (χ0n) is 11.2. The van der Waals surface area contributed by atoms with E-state index in [1.54, 1.807) is 30.3 Å². The van der Waals surface area contributed by atoms with E-state index in [9.17, 15) is 4.79 Å². The van der Waals surface area contributed by atoms with Crippen LogP contribution >= 0.6 is 39.1 Å². The fourth-order valence-corrected chi connectivity index (χ4v) is 2.77. The first kappa shape index (κ1) is 16.1. The molecule has 0 bridgehead atoms. The summed E-state index contributed by atoms with van der Waals surface area (Å²) in [5.74, 6) is 0.421. The third-order valence-corrected chi connectivity index (χ3v) is 4.08. The average Bonchev–Trinajstić information content (AvgIpc) is 2.48. The lowest BCUT2D eigenvalue weighted by atomic mass is 10.0. The lowest BCUT2D eigenvalue weighted by molar-refractivity contribution is 0.103. The van der Waals surface area contributed by atoms with Gasteiger partial charge >= 0.3 is 0 Å². The Morgan fingerprint density at radius 2 is 1.76 bits per heavy atom. The quantitative estimate of drug-likeness (QED) is 0.690. The van der Waals surface area contributed by atoms with Crippen LogP contribution in [-0.2, 0) is 0 Å². The van der Waals surface area contributed by atoms with Crippen molar-refractivity contribution >= 4 is 44.9 Å². The summed E-state index contributed by atoms with van der Waals surface area (Å²) < 4.78 is 11.1. The molecule has 0 aliphatic heterocycles. The monoisotopic (exact) mass is 388 g/mol. The summed E-state index contributed by atoms with van der Waals surface area (Å²) in [5.41, 5.74) is 0.689. The van der Waals surface area contributed by atoms with Crippen LogP contribution in [0.25, 0.3) is 0 Å². The van der Waals surface area contributed by atoms with E-state index in [0.29, 0.717) is 21.9 Å². The summed E-state index contributed by atoms with van der Waals surface area (Å²) in [6.07, 6.45) is 0. The highest BCUT2D eigenvalue weighted by Gasteiger charge is 2.21. The molecule has 0 radical (unpaired) electrons. The number of hydrogen-bond acceptors (Lipinski definition) is 3. The minimum Gasteiger partial charge on any atom is -0.495 e. The molecule has 0 amide bonds. The fraction of sp³-hybridized carbons (Fsp3) is 0.133. The molecule has 0 unspecified atom stereocenters. The maximum atomic E-state index is 12.7. The second-order valence-corrected chi connectivity index (χ2v) is 5.82. The van der Waals surface area contributed by atoms with E-state index in [-0.39, 0.29) is 16.6 Å². The third kappa shape index (κ3) is 3.18. The van der Waals surface area contributed by atoms with Gasteiger partial charge < -0.3 is 9.47 Å². The number of benzene rings is 2. The number of methoxy groups -OCH3 is 2. The number of rotatable bonds is 4. The summed E-state index contributed by atoms with van der Waals surface area (Å²) in [5, 5.41) is 0.606. The zero-order chi connectivity index (χ0) is 15.6. The summed E-state index contributed by atoms with van der Waals surface area (Å²) in [6.45, 7) is 0. The van der Waals surface area contributed by atoms with Gasteiger partial charge in [0.05, 0.1) is 24.8 Å². The number of ether oxygens (including phenoxy) is 2. The predicted molar refractivity (Wildman–Crippen MR) is 87.1 cm³/mol. The van der Waals surface area contributed by atoms with Gasteiger partial charge in [0.2, 0.25) is 0 Å². The molecule has 0 heterocycles. The van der Waals surface area contributed by atoms with Crippen LogP contribution in [0, 0.1) is 0 Å². The van der Waals surface area contributed by atoms with Gasteiger partial charge in [0.25, 0.3) is 0 Å². The summed E-state index contributed by atoms with van der Waals surface area (Å²) in [4.78, 5) is 12.7. The van der Waals surface area contributed by atoms with E-state index in [4.69, 9.17) is 32.7 Å². The van der Waals surface area contributed by atoms with Crippen molar-refractivity contribution in [2.45, 2.75) is 0 Å². The molecule has 2 aromatic carbocycles.